The van der Waals surface area contributed by atoms with Crippen LogP contribution in [0.25, 0.3) is 0 Å². The van der Waals surface area contributed by atoms with Crippen LogP contribution in [0.15, 0.2) is 35.8 Å². The topological polar surface area (TPSA) is 43.8 Å². The van der Waals surface area contributed by atoms with E-state index in [1.165, 1.54) is 19.3 Å². The number of anilines is 1. The van der Waals surface area contributed by atoms with E-state index < -0.39 is 0 Å². The summed E-state index contributed by atoms with van der Waals surface area (Å²) in [6, 6.07) is 6.06. The Morgan fingerprint density at radius 2 is 2.00 bits per heavy atom. The van der Waals surface area contributed by atoms with E-state index in [-0.39, 0.29) is 24.0 Å². The number of nitrogens with zero attached hydrogens (tertiary/aromatic N) is 4. The molecule has 0 amide bonds. The van der Waals surface area contributed by atoms with Crippen LogP contribution in [0.2, 0.25) is 0 Å². The first-order chi connectivity index (χ1) is 11.6. The second-order valence-corrected chi connectivity index (χ2v) is 6.11. The van der Waals surface area contributed by atoms with Crippen molar-refractivity contribution in [3.8, 4) is 0 Å². The number of allylic oxidation sites excluding steroid dienone is 1. The molecular formula is C19H34IN5. The van der Waals surface area contributed by atoms with Gasteiger partial charge in [0.2, 0.25) is 0 Å². The Labute approximate surface area is 170 Å². The molecule has 0 spiro atoms. The van der Waals surface area contributed by atoms with Gasteiger partial charge in [0.15, 0.2) is 5.96 Å². The lowest BCUT2D eigenvalue weighted by Gasteiger charge is -2.22. The van der Waals surface area contributed by atoms with Crippen molar-refractivity contribution in [1.29, 1.82) is 0 Å². The molecular weight excluding hydrogens is 425 g/mol. The van der Waals surface area contributed by atoms with Crippen LogP contribution >= 0.6 is 24.0 Å². The summed E-state index contributed by atoms with van der Waals surface area (Å²) in [5.41, 5.74) is 0.982. The van der Waals surface area contributed by atoms with Crippen LogP contribution in [0.3, 0.4) is 0 Å². The van der Waals surface area contributed by atoms with E-state index in [2.05, 4.69) is 35.8 Å². The third kappa shape index (κ3) is 9.67. The number of guanidine groups is 1. The van der Waals surface area contributed by atoms with Gasteiger partial charge in [-0.05, 0) is 38.3 Å². The highest BCUT2D eigenvalue weighted by Gasteiger charge is 2.06. The zero-order valence-electron chi connectivity index (χ0n) is 16.2. The summed E-state index contributed by atoms with van der Waals surface area (Å²) in [5.74, 6) is 1.90. The van der Waals surface area contributed by atoms with Gasteiger partial charge in [-0.2, -0.15) is 0 Å². The van der Waals surface area contributed by atoms with E-state index in [0.717, 1.165) is 37.0 Å². The van der Waals surface area contributed by atoms with Crippen LogP contribution in [0.5, 0.6) is 0 Å². The SMILES string of the molecule is C=CCCCCCN(C)C(=NCc1cccc(N(C)C)n1)NCC.I. The molecule has 0 fully saturated rings. The maximum absolute atomic E-state index is 4.73. The lowest BCUT2D eigenvalue weighted by molar-refractivity contribution is 0.455. The quantitative estimate of drug-likeness (QED) is 0.190. The van der Waals surface area contributed by atoms with Crippen LogP contribution in [-0.4, -0.2) is 50.1 Å². The zero-order chi connectivity index (χ0) is 17.8. The number of hydrogen-bond donors (Lipinski definition) is 1. The van der Waals surface area contributed by atoms with Gasteiger partial charge in [-0.15, -0.1) is 30.6 Å². The predicted molar refractivity (Wildman–Crippen MR) is 120 cm³/mol. The zero-order valence-corrected chi connectivity index (χ0v) is 18.5. The Balaban J connectivity index is 0.00000576. The Hall–Kier alpha value is -1.31. The summed E-state index contributed by atoms with van der Waals surface area (Å²) >= 11 is 0. The monoisotopic (exact) mass is 459 g/mol. The summed E-state index contributed by atoms with van der Waals surface area (Å²) in [5, 5.41) is 3.36. The smallest absolute Gasteiger partial charge is 0.194 e. The van der Waals surface area contributed by atoms with E-state index in [9.17, 15) is 0 Å². The lowest BCUT2D eigenvalue weighted by Crippen LogP contribution is -2.39. The fraction of sp³-hybridized carbons (Fsp3) is 0.579. The molecule has 0 aliphatic heterocycles. The highest BCUT2D eigenvalue weighted by molar-refractivity contribution is 14.0. The van der Waals surface area contributed by atoms with Crippen LogP contribution in [0.4, 0.5) is 5.82 Å². The number of aromatic nitrogens is 1. The van der Waals surface area contributed by atoms with Crippen molar-refractivity contribution in [3.63, 3.8) is 0 Å². The van der Waals surface area contributed by atoms with Gasteiger partial charge in [0, 0.05) is 34.2 Å². The Morgan fingerprint density at radius 1 is 1.24 bits per heavy atom. The number of aliphatic imine (C=N–C) groups is 1. The summed E-state index contributed by atoms with van der Waals surface area (Å²) in [4.78, 5) is 13.6. The largest absolute Gasteiger partial charge is 0.363 e. The Morgan fingerprint density at radius 3 is 2.64 bits per heavy atom. The van der Waals surface area contributed by atoms with Crippen molar-refractivity contribution < 1.29 is 0 Å². The normalized spacial score (nSPS) is 10.8. The lowest BCUT2D eigenvalue weighted by atomic mass is 10.2. The van der Waals surface area contributed by atoms with Crippen molar-refractivity contribution >= 4 is 35.8 Å². The second kappa shape index (κ2) is 13.9. The highest BCUT2D eigenvalue weighted by Crippen LogP contribution is 2.09. The number of halogens is 1. The molecule has 0 aliphatic rings. The first-order valence-corrected chi connectivity index (χ1v) is 8.82. The highest BCUT2D eigenvalue weighted by atomic mass is 127. The van der Waals surface area contributed by atoms with Crippen LogP contribution in [-0.2, 0) is 6.54 Å². The maximum atomic E-state index is 4.73. The molecule has 1 N–H and O–H groups in total. The van der Waals surface area contributed by atoms with Crippen molar-refractivity contribution in [2.45, 2.75) is 39.2 Å². The summed E-state index contributed by atoms with van der Waals surface area (Å²) in [6.45, 7) is 8.33. The number of rotatable bonds is 10. The van der Waals surface area contributed by atoms with Gasteiger partial charge in [0.25, 0.3) is 0 Å². The molecule has 0 aromatic carbocycles. The molecule has 25 heavy (non-hydrogen) atoms. The molecule has 1 rings (SSSR count). The summed E-state index contributed by atoms with van der Waals surface area (Å²) in [6.07, 6.45) is 6.70. The summed E-state index contributed by atoms with van der Waals surface area (Å²) < 4.78 is 0. The minimum atomic E-state index is 0. The van der Waals surface area contributed by atoms with Crippen LogP contribution in [0, 0.1) is 0 Å². The minimum Gasteiger partial charge on any atom is -0.363 e. The fourth-order valence-corrected chi connectivity index (χ4v) is 2.35. The molecule has 5 nitrogen and oxygen atoms in total. The van der Waals surface area contributed by atoms with Gasteiger partial charge in [-0.3, -0.25) is 0 Å². The van der Waals surface area contributed by atoms with Crippen LogP contribution in [0.1, 0.15) is 38.3 Å². The van der Waals surface area contributed by atoms with Crippen molar-refractivity contribution in [1.82, 2.24) is 15.2 Å². The molecule has 0 bridgehead atoms. The summed E-state index contributed by atoms with van der Waals surface area (Å²) in [7, 11) is 6.10. The molecule has 0 aliphatic carbocycles. The number of unbranched alkanes of at least 4 members (excludes halogenated alkanes) is 3. The van der Waals surface area contributed by atoms with Gasteiger partial charge in [0.1, 0.15) is 5.82 Å². The van der Waals surface area contributed by atoms with Crippen LogP contribution < -0.4 is 10.2 Å². The van der Waals surface area contributed by atoms with Gasteiger partial charge < -0.3 is 15.1 Å². The maximum Gasteiger partial charge on any atom is 0.194 e. The number of pyridine rings is 1. The van der Waals surface area contributed by atoms with Gasteiger partial charge in [-0.25, -0.2) is 9.98 Å². The molecule has 1 heterocycles. The molecule has 0 saturated heterocycles. The third-order valence-electron chi connectivity index (χ3n) is 3.74. The molecule has 1 aromatic heterocycles. The Bertz CT molecular complexity index is 516. The average Bonchev–Trinajstić information content (AvgIpc) is 2.58. The standard InChI is InChI=1S/C19H33N5.HI/c1-6-8-9-10-11-15-24(5)19(20-7-2)21-16-17-13-12-14-18(22-17)23(3)4;/h6,12-14H,1,7-11,15-16H2,2-5H3,(H,20,21);1H. The van der Waals surface area contributed by atoms with Crippen molar-refractivity contribution in [3.05, 3.63) is 36.5 Å². The van der Waals surface area contributed by atoms with Crippen molar-refractivity contribution in [2.24, 2.45) is 4.99 Å². The molecule has 0 atom stereocenters. The molecule has 6 heteroatoms. The molecule has 142 valence electrons. The van der Waals surface area contributed by atoms with Gasteiger partial charge in [-0.1, -0.05) is 18.6 Å². The first kappa shape index (κ1) is 23.7. The van der Waals surface area contributed by atoms with Gasteiger partial charge >= 0.3 is 0 Å². The van der Waals surface area contributed by atoms with E-state index in [0.29, 0.717) is 6.54 Å². The molecule has 0 radical (unpaired) electrons. The molecule has 1 aromatic rings. The third-order valence-corrected chi connectivity index (χ3v) is 3.74. The fourth-order valence-electron chi connectivity index (χ4n) is 2.35. The number of nitrogens with one attached hydrogen (secondary N) is 1. The van der Waals surface area contributed by atoms with E-state index in [1.54, 1.807) is 0 Å². The molecule has 0 unspecified atom stereocenters. The average molecular weight is 459 g/mol. The first-order valence-electron chi connectivity index (χ1n) is 8.82. The minimum absolute atomic E-state index is 0. The predicted octanol–water partition coefficient (Wildman–Crippen LogP) is 3.91. The Kier molecular flexibility index (Phi) is 13.2. The second-order valence-electron chi connectivity index (χ2n) is 6.11. The van der Waals surface area contributed by atoms with Crippen molar-refractivity contribution in [2.75, 3.05) is 39.1 Å². The van der Waals surface area contributed by atoms with E-state index >= 15 is 0 Å². The van der Waals surface area contributed by atoms with E-state index in [1.807, 2.05) is 43.3 Å². The molecule has 0 saturated carbocycles. The van der Waals surface area contributed by atoms with Gasteiger partial charge in [0.05, 0.1) is 12.2 Å². The van der Waals surface area contributed by atoms with E-state index in [4.69, 9.17) is 4.99 Å². The number of hydrogen-bond acceptors (Lipinski definition) is 3.